The molecule has 1 aromatic heterocycles. The number of aromatic hydroxyl groups is 1. The van der Waals surface area contributed by atoms with Crippen LogP contribution in [-0.2, 0) is 0 Å². The van der Waals surface area contributed by atoms with Gasteiger partial charge in [-0.2, -0.15) is 0 Å². The summed E-state index contributed by atoms with van der Waals surface area (Å²) in [5.41, 5.74) is 6.92. The predicted octanol–water partition coefficient (Wildman–Crippen LogP) is 2.95. The van der Waals surface area contributed by atoms with Crippen LogP contribution in [0.2, 0.25) is 0 Å². The van der Waals surface area contributed by atoms with Crippen LogP contribution in [0.4, 0.5) is 4.39 Å². The van der Waals surface area contributed by atoms with Gasteiger partial charge in [-0.25, -0.2) is 4.39 Å². The van der Waals surface area contributed by atoms with E-state index in [1.807, 2.05) is 17.5 Å². The second kappa shape index (κ2) is 4.23. The highest BCUT2D eigenvalue weighted by Crippen LogP contribution is 2.32. The normalized spacial score (nSPS) is 12.7. The summed E-state index contributed by atoms with van der Waals surface area (Å²) in [6.07, 6.45) is 0. The van der Waals surface area contributed by atoms with Crippen LogP contribution < -0.4 is 5.73 Å². The van der Waals surface area contributed by atoms with Crippen molar-refractivity contribution in [2.24, 2.45) is 5.73 Å². The average Bonchev–Trinajstić information content (AvgIpc) is 2.75. The topological polar surface area (TPSA) is 46.2 Å². The van der Waals surface area contributed by atoms with E-state index < -0.39 is 6.04 Å². The molecular formula is C12H12FNOS. The zero-order chi connectivity index (χ0) is 11.7. The Balaban J connectivity index is 2.48. The summed E-state index contributed by atoms with van der Waals surface area (Å²) in [6.45, 7) is 1.66. The lowest BCUT2D eigenvalue weighted by molar-refractivity contribution is 0.458. The summed E-state index contributed by atoms with van der Waals surface area (Å²) in [4.78, 5) is 0.903. The Labute approximate surface area is 97.2 Å². The van der Waals surface area contributed by atoms with Gasteiger partial charge >= 0.3 is 0 Å². The first-order valence-corrected chi connectivity index (χ1v) is 5.75. The molecule has 1 heterocycles. The van der Waals surface area contributed by atoms with Gasteiger partial charge in [0.05, 0.1) is 6.04 Å². The molecule has 0 spiro atoms. The van der Waals surface area contributed by atoms with Gasteiger partial charge in [-0.1, -0.05) is 6.07 Å². The third kappa shape index (κ3) is 1.94. The Morgan fingerprint density at radius 1 is 1.44 bits per heavy atom. The molecule has 0 fully saturated rings. The summed E-state index contributed by atoms with van der Waals surface area (Å²) >= 11 is 1.49. The van der Waals surface area contributed by atoms with Crippen LogP contribution in [0, 0.1) is 12.7 Å². The quantitative estimate of drug-likeness (QED) is 0.843. The SMILES string of the molecule is Cc1cc(F)cc([C@H](N)c2cccs2)c1O. The molecule has 0 saturated heterocycles. The second-order valence-electron chi connectivity index (χ2n) is 3.65. The highest BCUT2D eigenvalue weighted by atomic mass is 32.1. The lowest BCUT2D eigenvalue weighted by atomic mass is 10.0. The molecule has 0 aliphatic rings. The van der Waals surface area contributed by atoms with E-state index >= 15 is 0 Å². The van der Waals surface area contributed by atoms with E-state index in [4.69, 9.17) is 5.73 Å². The maximum Gasteiger partial charge on any atom is 0.124 e. The van der Waals surface area contributed by atoms with Crippen molar-refractivity contribution in [2.45, 2.75) is 13.0 Å². The van der Waals surface area contributed by atoms with Crippen LogP contribution >= 0.6 is 11.3 Å². The lowest BCUT2D eigenvalue weighted by Crippen LogP contribution is -2.11. The lowest BCUT2D eigenvalue weighted by Gasteiger charge is -2.13. The summed E-state index contributed by atoms with van der Waals surface area (Å²) in [6, 6.07) is 5.85. The Bertz CT molecular complexity index is 496. The van der Waals surface area contributed by atoms with Crippen molar-refractivity contribution >= 4 is 11.3 Å². The minimum absolute atomic E-state index is 0.0716. The maximum atomic E-state index is 13.2. The molecule has 0 bridgehead atoms. The monoisotopic (exact) mass is 237 g/mol. The van der Waals surface area contributed by atoms with E-state index in [9.17, 15) is 9.50 Å². The molecule has 0 amide bonds. The molecule has 0 aliphatic carbocycles. The maximum absolute atomic E-state index is 13.2. The van der Waals surface area contributed by atoms with E-state index in [0.717, 1.165) is 4.88 Å². The van der Waals surface area contributed by atoms with Crippen molar-refractivity contribution in [2.75, 3.05) is 0 Å². The number of phenols is 1. The van der Waals surface area contributed by atoms with Gasteiger partial charge in [0.15, 0.2) is 0 Å². The first kappa shape index (κ1) is 11.1. The molecule has 0 aliphatic heterocycles. The van der Waals surface area contributed by atoms with E-state index in [2.05, 4.69) is 0 Å². The minimum atomic E-state index is -0.477. The van der Waals surface area contributed by atoms with Gasteiger partial charge in [-0.05, 0) is 36.1 Å². The van der Waals surface area contributed by atoms with Gasteiger partial charge in [0.2, 0.25) is 0 Å². The number of nitrogens with two attached hydrogens (primary N) is 1. The Kier molecular flexibility index (Phi) is 2.94. The molecule has 0 saturated carbocycles. The number of benzene rings is 1. The molecule has 1 atom stereocenters. The summed E-state index contributed by atoms with van der Waals surface area (Å²) < 4.78 is 13.2. The van der Waals surface area contributed by atoms with Gasteiger partial charge in [-0.3, -0.25) is 0 Å². The fraction of sp³-hybridized carbons (Fsp3) is 0.167. The zero-order valence-electron chi connectivity index (χ0n) is 8.77. The fourth-order valence-corrected chi connectivity index (χ4v) is 2.36. The second-order valence-corrected chi connectivity index (χ2v) is 4.63. The first-order chi connectivity index (χ1) is 7.59. The summed E-state index contributed by atoms with van der Waals surface area (Å²) in [5, 5.41) is 11.8. The van der Waals surface area contributed by atoms with E-state index in [0.29, 0.717) is 11.1 Å². The van der Waals surface area contributed by atoms with Gasteiger partial charge in [0.25, 0.3) is 0 Å². The van der Waals surface area contributed by atoms with Crippen molar-refractivity contribution in [1.29, 1.82) is 0 Å². The van der Waals surface area contributed by atoms with Crippen molar-refractivity contribution in [3.8, 4) is 5.75 Å². The zero-order valence-corrected chi connectivity index (χ0v) is 9.59. The smallest absolute Gasteiger partial charge is 0.124 e. The highest BCUT2D eigenvalue weighted by Gasteiger charge is 2.16. The molecule has 3 N–H and O–H groups in total. The molecule has 84 valence electrons. The largest absolute Gasteiger partial charge is 0.507 e. The number of aryl methyl sites for hydroxylation is 1. The minimum Gasteiger partial charge on any atom is -0.507 e. The molecule has 0 unspecified atom stereocenters. The fourth-order valence-electron chi connectivity index (χ4n) is 1.62. The van der Waals surface area contributed by atoms with Gasteiger partial charge in [-0.15, -0.1) is 11.3 Å². The van der Waals surface area contributed by atoms with Gasteiger partial charge < -0.3 is 10.8 Å². The van der Waals surface area contributed by atoms with E-state index in [1.54, 1.807) is 6.92 Å². The van der Waals surface area contributed by atoms with Crippen LogP contribution in [0.5, 0.6) is 5.75 Å². The molecule has 0 radical (unpaired) electrons. The van der Waals surface area contributed by atoms with Gasteiger partial charge in [0.1, 0.15) is 11.6 Å². The van der Waals surface area contributed by atoms with Gasteiger partial charge in [0, 0.05) is 10.4 Å². The Morgan fingerprint density at radius 2 is 2.19 bits per heavy atom. The number of rotatable bonds is 2. The first-order valence-electron chi connectivity index (χ1n) is 4.87. The number of halogens is 1. The summed E-state index contributed by atoms with van der Waals surface area (Å²) in [7, 11) is 0. The Hall–Kier alpha value is -1.39. The molecule has 1 aromatic carbocycles. The highest BCUT2D eigenvalue weighted by molar-refractivity contribution is 7.10. The van der Waals surface area contributed by atoms with E-state index in [1.165, 1.54) is 23.5 Å². The van der Waals surface area contributed by atoms with Crippen LogP contribution in [0.15, 0.2) is 29.6 Å². The van der Waals surface area contributed by atoms with Crippen molar-refractivity contribution in [1.82, 2.24) is 0 Å². The van der Waals surface area contributed by atoms with E-state index in [-0.39, 0.29) is 11.6 Å². The molecular weight excluding hydrogens is 225 g/mol. The van der Waals surface area contributed by atoms with Crippen molar-refractivity contribution in [3.05, 3.63) is 51.5 Å². The standard InChI is InChI=1S/C12H12FNOS/c1-7-5-8(13)6-9(12(7)15)11(14)10-3-2-4-16-10/h2-6,11,15H,14H2,1H3/t11-/m0/s1. The predicted molar refractivity (Wildman–Crippen MR) is 63.2 cm³/mol. The summed E-state index contributed by atoms with van der Waals surface area (Å²) in [5.74, 6) is -0.306. The molecule has 4 heteroatoms. The average molecular weight is 237 g/mol. The molecule has 2 aromatic rings. The number of phenolic OH excluding ortho intramolecular Hbond substituents is 1. The van der Waals surface area contributed by atoms with Crippen LogP contribution in [0.1, 0.15) is 22.0 Å². The van der Waals surface area contributed by atoms with Crippen molar-refractivity contribution in [3.63, 3.8) is 0 Å². The number of hydrogen-bond donors (Lipinski definition) is 2. The third-order valence-corrected chi connectivity index (χ3v) is 3.43. The van der Waals surface area contributed by atoms with Crippen molar-refractivity contribution < 1.29 is 9.50 Å². The molecule has 2 nitrogen and oxygen atoms in total. The Morgan fingerprint density at radius 3 is 2.81 bits per heavy atom. The van der Waals surface area contributed by atoms with Crippen LogP contribution in [-0.4, -0.2) is 5.11 Å². The number of hydrogen-bond acceptors (Lipinski definition) is 3. The van der Waals surface area contributed by atoms with Crippen LogP contribution in [0.25, 0.3) is 0 Å². The number of thiophene rings is 1. The third-order valence-electron chi connectivity index (χ3n) is 2.48. The van der Waals surface area contributed by atoms with Crippen LogP contribution in [0.3, 0.4) is 0 Å². The molecule has 16 heavy (non-hydrogen) atoms. The molecule has 2 rings (SSSR count).